The minimum atomic E-state index is -0.311. The number of hydrogen-bond donors (Lipinski definition) is 2. The smallest absolute Gasteiger partial charge is 0.258 e. The van der Waals surface area contributed by atoms with Gasteiger partial charge in [0.05, 0.1) is 11.7 Å². The molecule has 0 amide bonds. The van der Waals surface area contributed by atoms with Crippen LogP contribution in [0.4, 0.5) is 0 Å². The van der Waals surface area contributed by atoms with Gasteiger partial charge >= 0.3 is 0 Å². The van der Waals surface area contributed by atoms with Gasteiger partial charge in [-0.3, -0.25) is 4.79 Å². The molecule has 0 aliphatic heterocycles. The minimum Gasteiger partial charge on any atom is -0.493 e. The molecule has 0 bridgehead atoms. The number of aromatic hydroxyl groups is 1. The molecule has 0 saturated heterocycles. The molecule has 0 fully saturated rings. The molecular weight excluding hydrogens is 288 g/mol. The number of H-pyrrole nitrogens is 1. The van der Waals surface area contributed by atoms with E-state index in [0.717, 1.165) is 11.3 Å². The Balaban J connectivity index is 2.20. The summed E-state index contributed by atoms with van der Waals surface area (Å²) in [5, 5.41) is 10.3. The van der Waals surface area contributed by atoms with Crippen LogP contribution in [0.15, 0.2) is 34.2 Å². The third kappa shape index (κ3) is 4.01. The quantitative estimate of drug-likeness (QED) is 0.656. The van der Waals surface area contributed by atoms with Gasteiger partial charge in [-0.15, -0.1) is 0 Å². The average molecular weight is 306 g/mol. The van der Waals surface area contributed by atoms with Crippen LogP contribution in [0, 0.1) is 0 Å². The maximum absolute atomic E-state index is 11.9. The van der Waals surface area contributed by atoms with Crippen molar-refractivity contribution in [3.63, 3.8) is 0 Å². The lowest BCUT2D eigenvalue weighted by molar-refractivity contribution is 0.242. The number of nitrogens with one attached hydrogen (secondary N) is 1. The summed E-state index contributed by atoms with van der Waals surface area (Å²) in [6.45, 7) is 3.93. The van der Waals surface area contributed by atoms with Crippen LogP contribution in [0.5, 0.6) is 11.6 Å². The fourth-order valence-corrected chi connectivity index (χ4v) is 2.26. The van der Waals surface area contributed by atoms with Gasteiger partial charge in [-0.2, -0.15) is 4.98 Å². The van der Waals surface area contributed by atoms with Crippen LogP contribution in [0.2, 0.25) is 0 Å². The van der Waals surface area contributed by atoms with E-state index in [0.29, 0.717) is 11.6 Å². The second kappa shape index (κ2) is 6.67. The molecule has 1 heterocycles. The highest BCUT2D eigenvalue weighted by atomic mass is 32.2. The molecular formula is C15H18N2O3S. The van der Waals surface area contributed by atoms with Gasteiger partial charge in [0, 0.05) is 6.42 Å². The van der Waals surface area contributed by atoms with Gasteiger partial charge in [-0.1, -0.05) is 23.9 Å². The van der Waals surface area contributed by atoms with Gasteiger partial charge in [0.2, 0.25) is 5.88 Å². The number of benzene rings is 1. The van der Waals surface area contributed by atoms with E-state index in [1.165, 1.54) is 11.8 Å². The normalized spacial score (nSPS) is 10.9. The molecule has 5 nitrogen and oxygen atoms in total. The fraction of sp³-hybridized carbons (Fsp3) is 0.333. The Kier molecular flexibility index (Phi) is 4.90. The van der Waals surface area contributed by atoms with Crippen molar-refractivity contribution in [1.29, 1.82) is 0 Å². The maximum Gasteiger partial charge on any atom is 0.258 e. The molecule has 6 heteroatoms. The standard InChI is InChI=1S/C15H18N2O3S/c1-9(2)20-11-6-4-10(5-7-11)8-12-13(18)16-15(21-3)17-14(12)19/h4-7,9H,8H2,1-3H3,(H2,16,17,18,19). The first kappa shape index (κ1) is 15.4. The molecule has 0 unspecified atom stereocenters. The molecule has 0 radical (unpaired) electrons. The van der Waals surface area contributed by atoms with E-state index in [9.17, 15) is 9.90 Å². The summed E-state index contributed by atoms with van der Waals surface area (Å²) in [4.78, 5) is 18.5. The van der Waals surface area contributed by atoms with Crippen molar-refractivity contribution in [3.05, 3.63) is 45.7 Å². The molecule has 0 aliphatic rings. The Morgan fingerprint density at radius 3 is 2.52 bits per heavy atom. The summed E-state index contributed by atoms with van der Waals surface area (Å²) in [5.74, 6) is 0.563. The number of aromatic amines is 1. The van der Waals surface area contributed by atoms with Gasteiger partial charge < -0.3 is 14.8 Å². The maximum atomic E-state index is 11.9. The average Bonchev–Trinajstić information content (AvgIpc) is 2.43. The van der Waals surface area contributed by atoms with E-state index in [4.69, 9.17) is 4.74 Å². The highest BCUT2D eigenvalue weighted by Gasteiger charge is 2.11. The number of ether oxygens (including phenoxy) is 1. The lowest BCUT2D eigenvalue weighted by atomic mass is 10.1. The van der Waals surface area contributed by atoms with Crippen LogP contribution in [-0.4, -0.2) is 27.4 Å². The monoisotopic (exact) mass is 306 g/mol. The Morgan fingerprint density at radius 1 is 1.33 bits per heavy atom. The summed E-state index contributed by atoms with van der Waals surface area (Å²) in [7, 11) is 0. The van der Waals surface area contributed by atoms with Crippen LogP contribution in [0.3, 0.4) is 0 Å². The van der Waals surface area contributed by atoms with E-state index in [2.05, 4.69) is 9.97 Å². The van der Waals surface area contributed by atoms with Gasteiger partial charge in [-0.25, -0.2) is 0 Å². The van der Waals surface area contributed by atoms with Crippen molar-refractivity contribution in [3.8, 4) is 11.6 Å². The summed E-state index contributed by atoms with van der Waals surface area (Å²) >= 11 is 1.28. The molecule has 0 aliphatic carbocycles. The molecule has 2 rings (SSSR count). The first-order chi connectivity index (χ1) is 9.99. The minimum absolute atomic E-state index is 0.117. The third-order valence-electron chi connectivity index (χ3n) is 2.84. The fourth-order valence-electron chi connectivity index (χ4n) is 1.88. The SMILES string of the molecule is CSc1nc(O)c(Cc2ccc(OC(C)C)cc2)c(=O)[nH]1. The lowest BCUT2D eigenvalue weighted by Crippen LogP contribution is -2.15. The summed E-state index contributed by atoms with van der Waals surface area (Å²) < 4.78 is 5.56. The Morgan fingerprint density at radius 2 is 2.00 bits per heavy atom. The third-order valence-corrected chi connectivity index (χ3v) is 3.42. The number of thioether (sulfide) groups is 1. The number of nitrogens with zero attached hydrogens (tertiary/aromatic N) is 1. The zero-order valence-corrected chi connectivity index (χ0v) is 13.0. The van der Waals surface area contributed by atoms with E-state index < -0.39 is 0 Å². The second-order valence-electron chi connectivity index (χ2n) is 4.86. The van der Waals surface area contributed by atoms with Crippen LogP contribution in [0.1, 0.15) is 25.0 Å². The van der Waals surface area contributed by atoms with Crippen molar-refractivity contribution >= 4 is 11.8 Å². The molecule has 112 valence electrons. The number of hydrogen-bond acceptors (Lipinski definition) is 5. The first-order valence-corrected chi connectivity index (χ1v) is 7.84. The molecule has 21 heavy (non-hydrogen) atoms. The van der Waals surface area contributed by atoms with E-state index in [1.807, 2.05) is 38.1 Å². The number of rotatable bonds is 5. The highest BCUT2D eigenvalue weighted by Crippen LogP contribution is 2.19. The van der Waals surface area contributed by atoms with E-state index in [-0.39, 0.29) is 23.1 Å². The van der Waals surface area contributed by atoms with Crippen molar-refractivity contribution in [2.45, 2.75) is 31.5 Å². The van der Waals surface area contributed by atoms with Gasteiger partial charge in [0.25, 0.3) is 5.56 Å². The first-order valence-electron chi connectivity index (χ1n) is 6.61. The van der Waals surface area contributed by atoms with Crippen LogP contribution in [-0.2, 0) is 6.42 Å². The lowest BCUT2D eigenvalue weighted by Gasteiger charge is -2.10. The largest absolute Gasteiger partial charge is 0.493 e. The molecule has 1 aromatic heterocycles. The summed E-state index contributed by atoms with van der Waals surface area (Å²) in [5.41, 5.74) is 0.866. The molecule has 2 N–H and O–H groups in total. The van der Waals surface area contributed by atoms with Gasteiger partial charge in [-0.05, 0) is 37.8 Å². The zero-order valence-electron chi connectivity index (χ0n) is 12.2. The Bertz CT molecular complexity index is 666. The van der Waals surface area contributed by atoms with Crippen LogP contribution >= 0.6 is 11.8 Å². The second-order valence-corrected chi connectivity index (χ2v) is 5.66. The molecule has 1 aromatic carbocycles. The zero-order chi connectivity index (χ0) is 15.4. The Hall–Kier alpha value is -1.95. The predicted molar refractivity (Wildman–Crippen MR) is 83.3 cm³/mol. The van der Waals surface area contributed by atoms with Crippen molar-refractivity contribution in [2.75, 3.05) is 6.26 Å². The Labute approximate surface area is 127 Å². The van der Waals surface area contributed by atoms with E-state index in [1.54, 1.807) is 6.26 Å². The number of aromatic nitrogens is 2. The summed E-state index contributed by atoms with van der Waals surface area (Å²) in [6, 6.07) is 7.45. The molecule has 2 aromatic rings. The van der Waals surface area contributed by atoms with Crippen LogP contribution < -0.4 is 10.3 Å². The van der Waals surface area contributed by atoms with Crippen molar-refractivity contribution in [1.82, 2.24) is 9.97 Å². The van der Waals surface area contributed by atoms with E-state index >= 15 is 0 Å². The molecule has 0 spiro atoms. The topological polar surface area (TPSA) is 75.2 Å². The van der Waals surface area contributed by atoms with Crippen LogP contribution in [0.25, 0.3) is 0 Å². The molecule has 0 saturated carbocycles. The highest BCUT2D eigenvalue weighted by molar-refractivity contribution is 7.98. The van der Waals surface area contributed by atoms with Crippen molar-refractivity contribution < 1.29 is 9.84 Å². The summed E-state index contributed by atoms with van der Waals surface area (Å²) in [6.07, 6.45) is 2.22. The van der Waals surface area contributed by atoms with Gasteiger partial charge in [0.1, 0.15) is 5.75 Å². The van der Waals surface area contributed by atoms with Crippen molar-refractivity contribution in [2.24, 2.45) is 0 Å². The molecule has 0 atom stereocenters. The van der Waals surface area contributed by atoms with Gasteiger partial charge in [0.15, 0.2) is 5.16 Å². The predicted octanol–water partition coefficient (Wildman–Crippen LogP) is 2.58.